The van der Waals surface area contributed by atoms with Crippen molar-refractivity contribution in [1.29, 1.82) is 0 Å². The molecule has 8 nitrogen and oxygen atoms in total. The number of fused-ring (bicyclic) bond motifs is 1. The van der Waals surface area contributed by atoms with Gasteiger partial charge >= 0.3 is 0 Å². The smallest absolute Gasteiger partial charge is 0.132 e. The summed E-state index contributed by atoms with van der Waals surface area (Å²) in [7, 11) is -1.63. The third kappa shape index (κ3) is 3.69. The highest BCUT2D eigenvalue weighted by Crippen LogP contribution is 2.33. The van der Waals surface area contributed by atoms with Crippen LogP contribution in [0.15, 0.2) is 52.7 Å². The molecule has 0 saturated carbocycles. The van der Waals surface area contributed by atoms with Gasteiger partial charge in [-0.2, -0.15) is 5.10 Å². The van der Waals surface area contributed by atoms with Gasteiger partial charge < -0.3 is 10.2 Å². The Balaban J connectivity index is 1.52. The van der Waals surface area contributed by atoms with Crippen molar-refractivity contribution in [2.45, 2.75) is 23.8 Å². The molecule has 140 valence electrons. The molecule has 4 N–H and O–H groups in total. The fraction of sp³-hybridized carbons (Fsp3) is 0.278. The van der Waals surface area contributed by atoms with Crippen LogP contribution < -0.4 is 15.4 Å². The first kappa shape index (κ1) is 17.6. The zero-order valence-electron chi connectivity index (χ0n) is 14.6. The Morgan fingerprint density at radius 2 is 2.19 bits per heavy atom. The molecule has 1 aliphatic heterocycles. The van der Waals surface area contributed by atoms with Gasteiger partial charge in [-0.1, -0.05) is 0 Å². The zero-order valence-corrected chi connectivity index (χ0v) is 15.4. The van der Waals surface area contributed by atoms with Gasteiger partial charge in [0.05, 0.1) is 22.3 Å². The highest BCUT2D eigenvalue weighted by molar-refractivity contribution is 7.82. The molecule has 2 aromatic carbocycles. The maximum atomic E-state index is 11.4. The van der Waals surface area contributed by atoms with Gasteiger partial charge in [-0.15, -0.1) is 4.91 Å². The number of anilines is 2. The molecule has 1 aliphatic rings. The van der Waals surface area contributed by atoms with E-state index in [-0.39, 0.29) is 11.7 Å². The van der Waals surface area contributed by atoms with Crippen LogP contribution in [0.4, 0.5) is 17.1 Å². The van der Waals surface area contributed by atoms with Crippen molar-refractivity contribution in [2.24, 2.45) is 10.3 Å². The molecule has 2 unspecified atom stereocenters. The van der Waals surface area contributed by atoms with Crippen LogP contribution in [0, 0.1) is 4.91 Å². The van der Waals surface area contributed by atoms with Crippen molar-refractivity contribution >= 4 is 39.0 Å². The first-order valence-corrected chi connectivity index (χ1v) is 9.93. The highest BCUT2D eigenvalue weighted by atomic mass is 32.2. The van der Waals surface area contributed by atoms with E-state index in [0.29, 0.717) is 4.90 Å². The Morgan fingerprint density at radius 1 is 1.30 bits per heavy atom. The third-order valence-electron chi connectivity index (χ3n) is 4.85. The summed E-state index contributed by atoms with van der Waals surface area (Å²) in [6, 6.07) is 11.3. The number of nitrogens with two attached hydrogens (primary N) is 1. The summed E-state index contributed by atoms with van der Waals surface area (Å²) in [5, 5.41) is 20.1. The van der Waals surface area contributed by atoms with Gasteiger partial charge in [-0.05, 0) is 54.4 Å². The lowest BCUT2D eigenvalue weighted by Crippen LogP contribution is -2.42. The molecule has 1 saturated heterocycles. The van der Waals surface area contributed by atoms with Crippen molar-refractivity contribution in [2.75, 3.05) is 23.3 Å². The number of nitrogens with zero attached hydrogens (tertiary/aromatic N) is 3. The summed E-state index contributed by atoms with van der Waals surface area (Å²) < 4.78 is 11.4. The Kier molecular flexibility index (Phi) is 4.87. The first-order chi connectivity index (χ1) is 13.1. The van der Waals surface area contributed by atoms with E-state index in [1.54, 1.807) is 18.3 Å². The van der Waals surface area contributed by atoms with Gasteiger partial charge in [-0.3, -0.25) is 5.10 Å². The summed E-state index contributed by atoms with van der Waals surface area (Å²) in [6.45, 7) is 1.59. The van der Waals surface area contributed by atoms with Crippen LogP contribution in [-0.4, -0.2) is 33.5 Å². The van der Waals surface area contributed by atoms with E-state index in [4.69, 9.17) is 5.14 Å². The molecular weight excluding hydrogens is 364 g/mol. The molecule has 27 heavy (non-hydrogen) atoms. The topological polar surface area (TPSA) is 116 Å². The molecule has 4 rings (SSSR count). The monoisotopic (exact) mass is 384 g/mol. The van der Waals surface area contributed by atoms with Gasteiger partial charge in [0.2, 0.25) is 0 Å². The fourth-order valence-corrected chi connectivity index (χ4v) is 3.98. The summed E-state index contributed by atoms with van der Waals surface area (Å²) in [4.78, 5) is 13.8. The lowest BCUT2D eigenvalue weighted by molar-refractivity contribution is 0.530. The fourth-order valence-electron chi connectivity index (χ4n) is 3.55. The number of H-pyrrole nitrogens is 1. The Morgan fingerprint density at radius 3 is 3.00 bits per heavy atom. The number of aromatic amines is 1. The van der Waals surface area contributed by atoms with Crippen LogP contribution in [-0.2, 0) is 11.0 Å². The average Bonchev–Trinajstić information content (AvgIpc) is 3.15. The maximum Gasteiger partial charge on any atom is 0.132 e. The van der Waals surface area contributed by atoms with E-state index >= 15 is 0 Å². The number of nitrogens with one attached hydrogen (secondary N) is 2. The SMILES string of the molecule is NS(=O)c1ccc(N2CCCC(Nc3ccc4[nH]ncc4c3)C2)c(N=O)c1. The lowest BCUT2D eigenvalue weighted by atomic mass is 10.0. The second kappa shape index (κ2) is 7.45. The van der Waals surface area contributed by atoms with Gasteiger partial charge in [0, 0.05) is 30.2 Å². The second-order valence-electron chi connectivity index (χ2n) is 6.64. The number of hydrogen-bond acceptors (Lipinski definition) is 6. The van der Waals surface area contributed by atoms with Gasteiger partial charge in [0.1, 0.15) is 16.7 Å². The molecule has 1 aromatic heterocycles. The molecule has 0 radical (unpaired) electrons. The van der Waals surface area contributed by atoms with Crippen molar-refractivity contribution in [3.05, 3.63) is 47.5 Å². The summed E-state index contributed by atoms with van der Waals surface area (Å²) >= 11 is 0. The standard InChI is InChI=1S/C18H20N6O2S/c19-27(26)15-4-6-18(17(9-15)23-25)24-7-1-2-14(11-24)21-13-3-5-16-12(8-13)10-20-22-16/h3-6,8-10,14,21H,1-2,7,11,19H2,(H,20,22). The van der Waals surface area contributed by atoms with E-state index in [1.807, 2.05) is 12.1 Å². The molecule has 2 heterocycles. The van der Waals surface area contributed by atoms with Crippen molar-refractivity contribution in [1.82, 2.24) is 10.2 Å². The second-order valence-corrected chi connectivity index (χ2v) is 7.71. The molecule has 9 heteroatoms. The quantitative estimate of drug-likeness (QED) is 0.585. The van der Waals surface area contributed by atoms with E-state index in [0.717, 1.165) is 48.2 Å². The number of aromatic nitrogens is 2. The predicted molar refractivity (Wildman–Crippen MR) is 107 cm³/mol. The number of nitroso groups, excluding NO2 is 1. The average molecular weight is 384 g/mol. The molecule has 1 fully saturated rings. The predicted octanol–water partition coefficient (Wildman–Crippen LogP) is 3.02. The number of rotatable bonds is 5. The molecule has 0 amide bonds. The molecule has 0 bridgehead atoms. The molecule has 0 spiro atoms. The van der Waals surface area contributed by atoms with Crippen LogP contribution in [0.5, 0.6) is 0 Å². The Labute approximate surface area is 158 Å². The van der Waals surface area contributed by atoms with Crippen LogP contribution in [0.3, 0.4) is 0 Å². The van der Waals surface area contributed by atoms with E-state index < -0.39 is 11.0 Å². The summed E-state index contributed by atoms with van der Waals surface area (Å²) in [5.74, 6) is 0. The highest BCUT2D eigenvalue weighted by Gasteiger charge is 2.23. The molecule has 0 aliphatic carbocycles. The largest absolute Gasteiger partial charge is 0.381 e. The Hall–Kier alpha value is -2.78. The number of hydrogen-bond donors (Lipinski definition) is 3. The number of benzene rings is 2. The Bertz CT molecular complexity index is 1000. The van der Waals surface area contributed by atoms with Crippen LogP contribution in [0.25, 0.3) is 10.9 Å². The molecular formula is C18H20N6O2S. The maximum absolute atomic E-state index is 11.4. The van der Waals surface area contributed by atoms with Crippen molar-refractivity contribution in [3.63, 3.8) is 0 Å². The molecule has 2 atom stereocenters. The van der Waals surface area contributed by atoms with Gasteiger partial charge in [0.15, 0.2) is 0 Å². The van der Waals surface area contributed by atoms with E-state index in [1.165, 1.54) is 6.07 Å². The van der Waals surface area contributed by atoms with E-state index in [9.17, 15) is 9.12 Å². The third-order valence-corrected chi connectivity index (χ3v) is 5.57. The van der Waals surface area contributed by atoms with Gasteiger partial charge in [-0.25, -0.2) is 9.35 Å². The summed E-state index contributed by atoms with van der Waals surface area (Å²) in [6.07, 6.45) is 3.84. The first-order valence-electron chi connectivity index (χ1n) is 8.72. The normalized spacial score (nSPS) is 18.4. The summed E-state index contributed by atoms with van der Waals surface area (Å²) in [5.41, 5.74) is 3.06. The van der Waals surface area contributed by atoms with Crippen LogP contribution in [0.1, 0.15) is 12.8 Å². The van der Waals surface area contributed by atoms with E-state index in [2.05, 4.69) is 31.7 Å². The zero-order chi connectivity index (χ0) is 18.8. The minimum atomic E-state index is -1.63. The molecule has 3 aromatic rings. The van der Waals surface area contributed by atoms with Gasteiger partial charge in [0.25, 0.3) is 0 Å². The van der Waals surface area contributed by atoms with Crippen LogP contribution in [0.2, 0.25) is 0 Å². The number of piperidine rings is 1. The minimum absolute atomic E-state index is 0.242. The minimum Gasteiger partial charge on any atom is -0.381 e. The van der Waals surface area contributed by atoms with Crippen LogP contribution >= 0.6 is 0 Å². The van der Waals surface area contributed by atoms with Crippen molar-refractivity contribution in [3.8, 4) is 0 Å². The van der Waals surface area contributed by atoms with Crippen molar-refractivity contribution < 1.29 is 4.21 Å². The lowest BCUT2D eigenvalue weighted by Gasteiger charge is -2.35.